The Labute approximate surface area is 233 Å². The number of hydrogen-bond donors (Lipinski definition) is 1. The van der Waals surface area contributed by atoms with Crippen LogP contribution < -0.4 is 5.32 Å². The van der Waals surface area contributed by atoms with Gasteiger partial charge in [-0.05, 0) is 79.7 Å². The van der Waals surface area contributed by atoms with Crippen molar-refractivity contribution >= 4 is 22.9 Å². The standard InChI is InChI=1S/C31H34FN5O3/c1-16-26-22-13-25(27(16)26)37(30(39)40-31(2,3)4)28(22)29(38)34-21(14-33)10-19-8-6-17(11-23(19)32)18-7-9-20-15-36(5)35-24(20)12-18/h6-9,11-12,15-16,21-22,25-28H,10,13H2,1-5H3,(H,34,38)/t16?,21-,22+,25-,26?,27?,28-/m0/s1. The van der Waals surface area contributed by atoms with Crippen LogP contribution in [0.15, 0.2) is 42.6 Å². The fraction of sp³-hybridized carbons (Fsp3) is 0.484. The van der Waals surface area contributed by atoms with Crippen molar-refractivity contribution in [3.8, 4) is 17.2 Å². The van der Waals surface area contributed by atoms with E-state index in [1.165, 1.54) is 6.07 Å². The number of hydrogen-bond acceptors (Lipinski definition) is 5. The summed E-state index contributed by atoms with van der Waals surface area (Å²) >= 11 is 0. The molecule has 208 valence electrons. The zero-order valence-corrected chi connectivity index (χ0v) is 23.4. The van der Waals surface area contributed by atoms with Crippen LogP contribution in [0, 0.1) is 40.8 Å². The van der Waals surface area contributed by atoms with Crippen molar-refractivity contribution in [2.24, 2.45) is 30.7 Å². The molecule has 2 heterocycles. The number of carbonyl (C=O) groups is 2. The number of benzene rings is 2. The Morgan fingerprint density at radius 3 is 2.62 bits per heavy atom. The van der Waals surface area contributed by atoms with E-state index in [0.29, 0.717) is 28.9 Å². The summed E-state index contributed by atoms with van der Waals surface area (Å²) in [4.78, 5) is 28.3. The highest BCUT2D eigenvalue weighted by atomic mass is 19.1. The maximum absolute atomic E-state index is 15.2. The second-order valence-electron chi connectivity index (χ2n) is 12.6. The molecule has 0 radical (unpaired) electrons. The molecule has 3 fully saturated rings. The van der Waals surface area contributed by atoms with E-state index in [1.54, 1.807) is 36.4 Å². The molecule has 40 heavy (non-hydrogen) atoms. The van der Waals surface area contributed by atoms with Gasteiger partial charge >= 0.3 is 6.09 Å². The third-order valence-electron chi connectivity index (χ3n) is 8.81. The third kappa shape index (κ3) is 4.49. The number of aryl methyl sites for hydroxylation is 1. The van der Waals surface area contributed by atoms with Gasteiger partial charge in [-0.1, -0.05) is 31.2 Å². The van der Waals surface area contributed by atoms with Crippen LogP contribution in [0.2, 0.25) is 0 Å². The molecule has 3 aromatic rings. The van der Waals surface area contributed by atoms with Gasteiger partial charge in [-0.15, -0.1) is 0 Å². The fourth-order valence-electron chi connectivity index (χ4n) is 7.15. The number of nitriles is 1. The first-order valence-electron chi connectivity index (χ1n) is 13.9. The number of ether oxygens (including phenoxy) is 1. The quantitative estimate of drug-likeness (QED) is 0.497. The van der Waals surface area contributed by atoms with Gasteiger partial charge in [0.1, 0.15) is 23.5 Å². The predicted octanol–water partition coefficient (Wildman–Crippen LogP) is 4.82. The van der Waals surface area contributed by atoms with Gasteiger partial charge in [0, 0.05) is 31.1 Å². The van der Waals surface area contributed by atoms with Crippen LogP contribution in [-0.2, 0) is 23.0 Å². The highest BCUT2D eigenvalue weighted by Gasteiger charge is 2.71. The van der Waals surface area contributed by atoms with E-state index in [9.17, 15) is 14.9 Å². The van der Waals surface area contributed by atoms with Crippen molar-refractivity contribution < 1.29 is 18.7 Å². The molecule has 1 aliphatic heterocycles. The molecule has 0 spiro atoms. The summed E-state index contributed by atoms with van der Waals surface area (Å²) in [6.45, 7) is 7.58. The smallest absolute Gasteiger partial charge is 0.411 e. The Morgan fingerprint density at radius 2 is 1.93 bits per heavy atom. The third-order valence-corrected chi connectivity index (χ3v) is 8.81. The lowest BCUT2D eigenvalue weighted by molar-refractivity contribution is -0.128. The molecular weight excluding hydrogens is 509 g/mol. The van der Waals surface area contributed by atoms with Gasteiger partial charge in [0.25, 0.3) is 0 Å². The summed E-state index contributed by atoms with van der Waals surface area (Å²) in [6, 6.07) is 11.2. The lowest BCUT2D eigenvalue weighted by Crippen LogP contribution is -2.56. The van der Waals surface area contributed by atoms with E-state index in [2.05, 4.69) is 23.4 Å². The van der Waals surface area contributed by atoms with Crippen LogP contribution in [0.25, 0.3) is 22.0 Å². The first kappa shape index (κ1) is 26.3. The second kappa shape index (κ2) is 9.33. The van der Waals surface area contributed by atoms with Gasteiger partial charge in [0.15, 0.2) is 0 Å². The molecule has 2 amide bonds. The molecule has 7 atom stereocenters. The molecule has 8 nitrogen and oxygen atoms in total. The molecule has 1 N–H and O–H groups in total. The normalized spacial score (nSPS) is 27.3. The Kier molecular flexibility index (Phi) is 6.13. The molecule has 2 saturated carbocycles. The number of aromatic nitrogens is 2. The minimum absolute atomic E-state index is 0.0172. The Bertz CT molecular complexity index is 1550. The molecule has 1 saturated heterocycles. The number of likely N-dealkylation sites (tertiary alicyclic amines) is 1. The topological polar surface area (TPSA) is 100 Å². The van der Waals surface area contributed by atoms with Crippen molar-refractivity contribution in [1.29, 1.82) is 5.26 Å². The number of carbonyl (C=O) groups excluding carboxylic acids is 2. The summed E-state index contributed by atoms with van der Waals surface area (Å²) in [6.07, 6.45) is 2.22. The molecule has 2 aliphatic carbocycles. The molecular formula is C31H34FN5O3. The fourth-order valence-corrected chi connectivity index (χ4v) is 7.15. The second-order valence-corrected chi connectivity index (χ2v) is 12.6. The number of fused-ring (bicyclic) bond motifs is 6. The molecule has 3 unspecified atom stereocenters. The van der Waals surface area contributed by atoms with E-state index >= 15 is 4.39 Å². The van der Waals surface area contributed by atoms with Gasteiger partial charge in [0.2, 0.25) is 5.91 Å². The maximum atomic E-state index is 15.2. The monoisotopic (exact) mass is 543 g/mol. The summed E-state index contributed by atoms with van der Waals surface area (Å²) in [7, 11) is 1.86. The molecule has 2 bridgehead atoms. The zero-order chi connectivity index (χ0) is 28.5. The van der Waals surface area contributed by atoms with Gasteiger partial charge in [-0.2, -0.15) is 10.4 Å². The predicted molar refractivity (Wildman–Crippen MR) is 147 cm³/mol. The van der Waals surface area contributed by atoms with Crippen molar-refractivity contribution in [3.63, 3.8) is 0 Å². The maximum Gasteiger partial charge on any atom is 0.411 e. The Balaban J connectivity index is 1.17. The average molecular weight is 544 g/mol. The van der Waals surface area contributed by atoms with Crippen LogP contribution in [-0.4, -0.2) is 50.4 Å². The number of amides is 2. The van der Waals surface area contributed by atoms with Crippen molar-refractivity contribution in [3.05, 3.63) is 54.0 Å². The lowest BCUT2D eigenvalue weighted by atomic mass is 9.94. The first-order valence-corrected chi connectivity index (χ1v) is 13.9. The van der Waals surface area contributed by atoms with Gasteiger partial charge in [-0.25, -0.2) is 9.18 Å². The average Bonchev–Trinajstić information content (AvgIpc) is 3.20. The zero-order valence-electron chi connectivity index (χ0n) is 23.4. The summed E-state index contributed by atoms with van der Waals surface area (Å²) in [5, 5.41) is 18.1. The van der Waals surface area contributed by atoms with Gasteiger partial charge in [-0.3, -0.25) is 14.4 Å². The van der Waals surface area contributed by atoms with Crippen LogP contribution in [0.3, 0.4) is 0 Å². The van der Waals surface area contributed by atoms with E-state index in [4.69, 9.17) is 4.74 Å². The van der Waals surface area contributed by atoms with E-state index in [-0.39, 0.29) is 24.3 Å². The van der Waals surface area contributed by atoms with Crippen LogP contribution in [0.1, 0.15) is 39.7 Å². The van der Waals surface area contributed by atoms with E-state index in [1.807, 2.05) is 37.5 Å². The molecule has 2 aromatic carbocycles. The Morgan fingerprint density at radius 1 is 1.20 bits per heavy atom. The number of nitrogens with one attached hydrogen (secondary N) is 1. The molecule has 9 heteroatoms. The summed E-state index contributed by atoms with van der Waals surface area (Å²) < 4.78 is 22.6. The molecule has 1 aromatic heterocycles. The number of rotatable bonds is 5. The van der Waals surface area contributed by atoms with Gasteiger partial charge < -0.3 is 10.1 Å². The van der Waals surface area contributed by atoms with Crippen LogP contribution in [0.5, 0.6) is 0 Å². The largest absolute Gasteiger partial charge is 0.444 e. The van der Waals surface area contributed by atoms with Crippen molar-refractivity contribution in [1.82, 2.24) is 20.0 Å². The highest BCUT2D eigenvalue weighted by Crippen LogP contribution is 2.67. The number of nitrogens with zero attached hydrogens (tertiary/aromatic N) is 4. The minimum atomic E-state index is -0.940. The number of halogens is 1. The van der Waals surface area contributed by atoms with E-state index in [0.717, 1.165) is 22.9 Å². The summed E-state index contributed by atoms with van der Waals surface area (Å²) in [5.41, 5.74) is 2.02. The summed E-state index contributed by atoms with van der Waals surface area (Å²) in [5.74, 6) is 0.504. The minimum Gasteiger partial charge on any atom is -0.444 e. The van der Waals surface area contributed by atoms with Crippen molar-refractivity contribution in [2.45, 2.75) is 64.3 Å². The highest BCUT2D eigenvalue weighted by molar-refractivity contribution is 5.88. The molecule has 6 rings (SSSR count). The van der Waals surface area contributed by atoms with E-state index < -0.39 is 29.6 Å². The van der Waals surface area contributed by atoms with Crippen molar-refractivity contribution in [2.75, 3.05) is 0 Å². The Hall–Kier alpha value is -3.93. The van der Waals surface area contributed by atoms with Crippen LogP contribution in [0.4, 0.5) is 9.18 Å². The lowest BCUT2D eigenvalue weighted by Gasteiger charge is -2.35. The SMILES string of the molecule is CC1C2C1[C@@H]1C[C@H]2[C@@H](C(=O)N[C@H](C#N)Cc2ccc(-c3ccc4cn(C)nc4c3)cc2F)N1C(=O)OC(C)(C)C. The van der Waals surface area contributed by atoms with Gasteiger partial charge in [0.05, 0.1) is 11.6 Å². The molecule has 3 aliphatic rings. The van der Waals surface area contributed by atoms with Crippen LogP contribution >= 0.6 is 0 Å². The number of piperidine rings is 1. The first-order chi connectivity index (χ1) is 18.9.